The fraction of sp³-hybridized carbons (Fsp3) is 0.172. The lowest BCUT2D eigenvalue weighted by molar-refractivity contribution is 0.102. The Hall–Kier alpha value is -4.63. The van der Waals surface area contributed by atoms with Crippen LogP contribution in [-0.4, -0.2) is 44.1 Å². The van der Waals surface area contributed by atoms with Gasteiger partial charge in [0.25, 0.3) is 5.91 Å². The molecule has 1 amide bonds. The summed E-state index contributed by atoms with van der Waals surface area (Å²) in [4.78, 5) is 13.4. The molecule has 0 aliphatic carbocycles. The number of methoxy groups -OCH3 is 4. The number of carbonyl (C=O) groups is 1. The number of allylic oxidation sites excluding steroid dienone is 1. The Labute approximate surface area is 230 Å². The molecule has 1 aromatic heterocycles. The minimum absolute atomic E-state index is 0.323. The lowest BCUT2D eigenvalue weighted by atomic mass is 9.99. The highest BCUT2D eigenvalue weighted by Crippen LogP contribution is 2.43. The minimum Gasteiger partial charge on any atom is -0.497 e. The summed E-state index contributed by atoms with van der Waals surface area (Å²) >= 11 is 6.00. The van der Waals surface area contributed by atoms with Gasteiger partial charge in [0, 0.05) is 33.6 Å². The van der Waals surface area contributed by atoms with Gasteiger partial charge in [0.15, 0.2) is 11.5 Å². The molecule has 4 aromatic rings. The van der Waals surface area contributed by atoms with Gasteiger partial charge in [0.1, 0.15) is 28.9 Å². The van der Waals surface area contributed by atoms with Gasteiger partial charge in [-0.15, -0.1) is 0 Å². The highest BCUT2D eigenvalue weighted by molar-refractivity contribution is 6.30. The number of nitrogens with one attached hydrogen (secondary N) is 2. The SMILES string of the molecule is COc1cccc(C2=CC(c3cc(OC)c(OC)cc3OC)n3ncc(C(=O)Nc4ccc(Cl)cc4)c3N2)c1. The van der Waals surface area contributed by atoms with E-state index in [9.17, 15) is 4.79 Å². The number of hydrogen-bond acceptors (Lipinski definition) is 7. The first-order valence-electron chi connectivity index (χ1n) is 12.0. The first kappa shape index (κ1) is 26.0. The van der Waals surface area contributed by atoms with Crippen LogP contribution >= 0.6 is 11.6 Å². The molecular formula is C29H27ClN4O5. The molecule has 0 spiro atoms. The zero-order valence-electron chi connectivity index (χ0n) is 21.8. The summed E-state index contributed by atoms with van der Waals surface area (Å²) < 4.78 is 24.0. The molecule has 3 aromatic carbocycles. The number of carbonyl (C=O) groups excluding carboxylic acids is 1. The molecule has 2 heterocycles. The summed E-state index contributed by atoms with van der Waals surface area (Å²) in [5.74, 6) is 2.55. The van der Waals surface area contributed by atoms with Crippen molar-refractivity contribution in [1.29, 1.82) is 0 Å². The average molecular weight is 547 g/mol. The van der Waals surface area contributed by atoms with E-state index < -0.39 is 6.04 Å². The fourth-order valence-corrected chi connectivity index (χ4v) is 4.58. The van der Waals surface area contributed by atoms with Crippen molar-refractivity contribution in [2.45, 2.75) is 6.04 Å². The highest BCUT2D eigenvalue weighted by Gasteiger charge is 2.30. The van der Waals surface area contributed by atoms with Gasteiger partial charge in [0.05, 0.1) is 34.6 Å². The van der Waals surface area contributed by atoms with Crippen molar-refractivity contribution in [2.24, 2.45) is 0 Å². The number of aromatic nitrogens is 2. The van der Waals surface area contributed by atoms with Crippen LogP contribution in [0.25, 0.3) is 5.70 Å². The number of hydrogen-bond donors (Lipinski definition) is 2. The molecule has 0 saturated carbocycles. The van der Waals surface area contributed by atoms with E-state index in [-0.39, 0.29) is 5.91 Å². The third-order valence-electron chi connectivity index (χ3n) is 6.42. The van der Waals surface area contributed by atoms with Crippen LogP contribution in [0.3, 0.4) is 0 Å². The second-order valence-corrected chi connectivity index (χ2v) is 9.08. The molecule has 39 heavy (non-hydrogen) atoms. The van der Waals surface area contributed by atoms with Crippen molar-refractivity contribution in [2.75, 3.05) is 39.1 Å². The van der Waals surface area contributed by atoms with Crippen LogP contribution in [-0.2, 0) is 0 Å². The van der Waals surface area contributed by atoms with Crippen molar-refractivity contribution in [3.8, 4) is 23.0 Å². The molecule has 1 aliphatic heterocycles. The van der Waals surface area contributed by atoms with E-state index in [1.54, 1.807) is 63.5 Å². The summed E-state index contributed by atoms with van der Waals surface area (Å²) in [7, 11) is 6.35. The number of halogens is 1. The average Bonchev–Trinajstić information content (AvgIpc) is 3.41. The normalized spacial score (nSPS) is 14.0. The second-order valence-electron chi connectivity index (χ2n) is 8.64. The molecule has 10 heteroatoms. The number of anilines is 2. The predicted octanol–water partition coefficient (Wildman–Crippen LogP) is 5.88. The third-order valence-corrected chi connectivity index (χ3v) is 6.67. The number of fused-ring (bicyclic) bond motifs is 1. The monoisotopic (exact) mass is 546 g/mol. The maximum atomic E-state index is 13.4. The second kappa shape index (κ2) is 11.0. The fourth-order valence-electron chi connectivity index (χ4n) is 4.46. The zero-order chi connectivity index (χ0) is 27.5. The Morgan fingerprint density at radius 1 is 0.923 bits per heavy atom. The van der Waals surface area contributed by atoms with E-state index in [4.69, 9.17) is 30.5 Å². The first-order valence-corrected chi connectivity index (χ1v) is 12.4. The summed E-state index contributed by atoms with van der Waals surface area (Å²) in [6.07, 6.45) is 3.55. The number of benzene rings is 3. The van der Waals surface area contributed by atoms with Crippen molar-refractivity contribution >= 4 is 34.7 Å². The summed E-state index contributed by atoms with van der Waals surface area (Å²) in [5.41, 5.74) is 3.38. The van der Waals surface area contributed by atoms with Crippen molar-refractivity contribution in [3.63, 3.8) is 0 Å². The maximum absolute atomic E-state index is 13.4. The Morgan fingerprint density at radius 2 is 1.64 bits per heavy atom. The Bertz CT molecular complexity index is 1550. The largest absolute Gasteiger partial charge is 0.497 e. The molecule has 0 radical (unpaired) electrons. The van der Waals surface area contributed by atoms with Gasteiger partial charge in [0.2, 0.25) is 0 Å². The smallest absolute Gasteiger partial charge is 0.261 e. The van der Waals surface area contributed by atoms with E-state index in [0.29, 0.717) is 45.1 Å². The lowest BCUT2D eigenvalue weighted by Crippen LogP contribution is -2.22. The molecule has 5 rings (SSSR count). The van der Waals surface area contributed by atoms with Gasteiger partial charge in [-0.3, -0.25) is 4.79 Å². The molecule has 2 N–H and O–H groups in total. The third kappa shape index (κ3) is 5.08. The van der Waals surface area contributed by atoms with Crippen molar-refractivity contribution in [1.82, 2.24) is 9.78 Å². The molecule has 1 aliphatic rings. The zero-order valence-corrected chi connectivity index (χ0v) is 22.6. The van der Waals surface area contributed by atoms with Crippen molar-refractivity contribution in [3.05, 3.63) is 94.6 Å². The number of ether oxygens (including phenoxy) is 4. The number of amides is 1. The van der Waals surface area contributed by atoms with Crippen LogP contribution in [0.5, 0.6) is 23.0 Å². The van der Waals surface area contributed by atoms with Crippen LogP contribution in [0.2, 0.25) is 5.02 Å². The molecule has 0 fully saturated rings. The van der Waals surface area contributed by atoms with Gasteiger partial charge in [-0.25, -0.2) is 4.68 Å². The van der Waals surface area contributed by atoms with Crippen molar-refractivity contribution < 1.29 is 23.7 Å². The molecular weight excluding hydrogens is 520 g/mol. The van der Waals surface area contributed by atoms with Gasteiger partial charge >= 0.3 is 0 Å². The van der Waals surface area contributed by atoms with E-state index in [1.807, 2.05) is 36.4 Å². The van der Waals surface area contributed by atoms with Gasteiger partial charge in [-0.1, -0.05) is 23.7 Å². The number of rotatable bonds is 8. The summed E-state index contributed by atoms with van der Waals surface area (Å²) in [6, 6.07) is 17.7. The quantitative estimate of drug-likeness (QED) is 0.285. The Kier molecular flexibility index (Phi) is 7.33. The van der Waals surface area contributed by atoms with Crippen LogP contribution in [0.1, 0.15) is 27.5 Å². The molecule has 1 unspecified atom stereocenters. The van der Waals surface area contributed by atoms with Crippen LogP contribution < -0.4 is 29.6 Å². The van der Waals surface area contributed by atoms with Gasteiger partial charge in [-0.05, 0) is 48.5 Å². The van der Waals surface area contributed by atoms with Gasteiger partial charge < -0.3 is 29.6 Å². The van der Waals surface area contributed by atoms with Crippen LogP contribution in [0, 0.1) is 0 Å². The molecule has 9 nitrogen and oxygen atoms in total. The Morgan fingerprint density at radius 3 is 2.33 bits per heavy atom. The standard InChI is InChI=1S/C29H27ClN4O5/c1-36-20-7-5-6-17(12-20)23-14-24(21-13-26(38-3)27(39-4)15-25(21)37-2)34-28(33-23)22(16-31-34)29(35)32-19-10-8-18(30)9-11-19/h5-16,24,33H,1-4H3,(H,32,35). The molecule has 0 saturated heterocycles. The van der Waals surface area contributed by atoms with E-state index >= 15 is 0 Å². The maximum Gasteiger partial charge on any atom is 0.261 e. The highest BCUT2D eigenvalue weighted by atomic mass is 35.5. The summed E-state index contributed by atoms with van der Waals surface area (Å²) in [5, 5.41) is 11.5. The minimum atomic E-state index is -0.450. The van der Waals surface area contributed by atoms with Crippen LogP contribution in [0.4, 0.5) is 11.5 Å². The first-order chi connectivity index (χ1) is 18.9. The van der Waals surface area contributed by atoms with E-state index in [2.05, 4.69) is 15.7 Å². The molecule has 200 valence electrons. The topological polar surface area (TPSA) is 95.9 Å². The van der Waals surface area contributed by atoms with Crippen LogP contribution in [0.15, 0.2) is 72.9 Å². The lowest BCUT2D eigenvalue weighted by Gasteiger charge is -2.28. The van der Waals surface area contributed by atoms with Gasteiger partial charge in [-0.2, -0.15) is 5.10 Å². The molecule has 1 atom stereocenters. The van der Waals surface area contributed by atoms with E-state index in [1.165, 1.54) is 6.20 Å². The summed E-state index contributed by atoms with van der Waals surface area (Å²) in [6.45, 7) is 0. The molecule has 0 bridgehead atoms. The van der Waals surface area contributed by atoms with E-state index in [0.717, 1.165) is 16.8 Å². The predicted molar refractivity (Wildman–Crippen MR) is 150 cm³/mol. The number of nitrogens with zero attached hydrogens (tertiary/aromatic N) is 2. The Balaban J connectivity index is 1.63.